The normalized spacial score (nSPS) is 11.7. The fraction of sp³-hybridized carbons (Fsp3) is 0.462. The van der Waals surface area contributed by atoms with Crippen LogP contribution in [0.5, 0.6) is 11.5 Å². The molecule has 4 heteroatoms. The Balaban J connectivity index is 2.49. The van der Waals surface area contributed by atoms with E-state index in [1.54, 1.807) is 38.3 Å². The molecule has 94 valence electrons. The highest BCUT2D eigenvalue weighted by atomic mass is 16.5. The molecule has 0 aromatic heterocycles. The monoisotopic (exact) mass is 237 g/mol. The molecular weight excluding hydrogens is 218 g/mol. The lowest BCUT2D eigenvalue weighted by Crippen LogP contribution is -2.36. The van der Waals surface area contributed by atoms with Gasteiger partial charge in [-0.05, 0) is 37.6 Å². The zero-order chi connectivity index (χ0) is 12.7. The summed E-state index contributed by atoms with van der Waals surface area (Å²) in [6.45, 7) is 4.42. The Hall–Kier alpha value is -1.71. The molecule has 17 heavy (non-hydrogen) atoms. The quantitative estimate of drug-likeness (QED) is 0.823. The van der Waals surface area contributed by atoms with Crippen molar-refractivity contribution in [2.75, 3.05) is 13.7 Å². The molecule has 1 N–H and O–H groups in total. The van der Waals surface area contributed by atoms with E-state index < -0.39 is 6.10 Å². The fourth-order valence-corrected chi connectivity index (χ4v) is 1.30. The summed E-state index contributed by atoms with van der Waals surface area (Å²) in [5.74, 6) is 1.33. The first-order valence-corrected chi connectivity index (χ1v) is 5.75. The summed E-state index contributed by atoms with van der Waals surface area (Å²) in [6.07, 6.45) is 0.427. The standard InChI is InChI=1S/C13H19NO3/c1-4-9-14-13(15)10(2)17-12-7-5-11(16-3)6-8-12/h5-8,10H,4,9H2,1-3H3,(H,14,15)/t10-/m0/s1. The largest absolute Gasteiger partial charge is 0.497 e. The van der Waals surface area contributed by atoms with Gasteiger partial charge in [-0.25, -0.2) is 0 Å². The van der Waals surface area contributed by atoms with Crippen LogP contribution in [0.4, 0.5) is 0 Å². The van der Waals surface area contributed by atoms with E-state index in [0.717, 1.165) is 12.2 Å². The average molecular weight is 237 g/mol. The van der Waals surface area contributed by atoms with E-state index in [2.05, 4.69) is 5.32 Å². The predicted octanol–water partition coefficient (Wildman–Crippen LogP) is 1.99. The SMILES string of the molecule is CCCNC(=O)[C@H](C)Oc1ccc(OC)cc1. The number of amides is 1. The van der Waals surface area contributed by atoms with Gasteiger partial charge in [0.15, 0.2) is 6.10 Å². The summed E-state index contributed by atoms with van der Waals surface area (Å²) in [5, 5.41) is 2.79. The molecule has 0 heterocycles. The van der Waals surface area contributed by atoms with Crippen LogP contribution in [0.2, 0.25) is 0 Å². The second-order valence-electron chi connectivity index (χ2n) is 3.73. The molecule has 1 amide bonds. The minimum absolute atomic E-state index is 0.0948. The molecule has 0 saturated carbocycles. The first kappa shape index (κ1) is 13.4. The van der Waals surface area contributed by atoms with Gasteiger partial charge in [-0.2, -0.15) is 0 Å². The Kier molecular flexibility index (Phi) is 5.33. The van der Waals surface area contributed by atoms with Gasteiger partial charge in [0, 0.05) is 6.54 Å². The van der Waals surface area contributed by atoms with E-state index in [1.165, 1.54) is 0 Å². The van der Waals surface area contributed by atoms with Crippen molar-refractivity contribution in [3.8, 4) is 11.5 Å². The predicted molar refractivity (Wildman–Crippen MR) is 66.4 cm³/mol. The van der Waals surface area contributed by atoms with E-state index in [-0.39, 0.29) is 5.91 Å². The number of ether oxygens (including phenoxy) is 2. The van der Waals surface area contributed by atoms with Crippen molar-refractivity contribution in [2.24, 2.45) is 0 Å². The van der Waals surface area contributed by atoms with Crippen molar-refractivity contribution in [1.29, 1.82) is 0 Å². The number of benzene rings is 1. The third-order valence-electron chi connectivity index (χ3n) is 2.29. The first-order valence-electron chi connectivity index (χ1n) is 5.75. The van der Waals surface area contributed by atoms with Crippen molar-refractivity contribution in [3.63, 3.8) is 0 Å². The maximum Gasteiger partial charge on any atom is 0.260 e. The van der Waals surface area contributed by atoms with Gasteiger partial charge >= 0.3 is 0 Å². The zero-order valence-electron chi connectivity index (χ0n) is 10.5. The second-order valence-corrected chi connectivity index (χ2v) is 3.73. The molecule has 0 aliphatic heterocycles. The Morgan fingerprint density at radius 2 is 1.88 bits per heavy atom. The number of nitrogens with one attached hydrogen (secondary N) is 1. The number of methoxy groups -OCH3 is 1. The molecule has 0 saturated heterocycles. The smallest absolute Gasteiger partial charge is 0.260 e. The molecular formula is C13H19NO3. The van der Waals surface area contributed by atoms with E-state index >= 15 is 0 Å². The molecule has 0 aliphatic rings. The van der Waals surface area contributed by atoms with Crippen LogP contribution in [0.25, 0.3) is 0 Å². The van der Waals surface area contributed by atoms with Gasteiger partial charge in [0.2, 0.25) is 0 Å². The Bertz CT molecular complexity index is 348. The van der Waals surface area contributed by atoms with Crippen molar-refractivity contribution in [3.05, 3.63) is 24.3 Å². The van der Waals surface area contributed by atoms with E-state index in [0.29, 0.717) is 12.3 Å². The average Bonchev–Trinajstić information content (AvgIpc) is 2.36. The number of carbonyl (C=O) groups is 1. The summed E-state index contributed by atoms with van der Waals surface area (Å²) in [4.78, 5) is 11.6. The van der Waals surface area contributed by atoms with Gasteiger partial charge in [0.25, 0.3) is 5.91 Å². The second kappa shape index (κ2) is 6.78. The van der Waals surface area contributed by atoms with Gasteiger partial charge in [0.1, 0.15) is 11.5 Å². The van der Waals surface area contributed by atoms with Gasteiger partial charge in [-0.3, -0.25) is 4.79 Å². The summed E-state index contributed by atoms with van der Waals surface area (Å²) in [5.41, 5.74) is 0. The number of hydrogen-bond acceptors (Lipinski definition) is 3. The molecule has 0 radical (unpaired) electrons. The van der Waals surface area contributed by atoms with E-state index in [4.69, 9.17) is 9.47 Å². The Morgan fingerprint density at radius 3 is 2.41 bits per heavy atom. The summed E-state index contributed by atoms with van der Waals surface area (Å²) in [7, 11) is 1.61. The minimum Gasteiger partial charge on any atom is -0.497 e. The summed E-state index contributed by atoms with van der Waals surface area (Å²) < 4.78 is 10.5. The summed E-state index contributed by atoms with van der Waals surface area (Å²) >= 11 is 0. The highest BCUT2D eigenvalue weighted by Crippen LogP contribution is 2.18. The van der Waals surface area contributed by atoms with E-state index in [1.807, 2.05) is 6.92 Å². The Labute approximate surface area is 102 Å². The van der Waals surface area contributed by atoms with Crippen LogP contribution in [-0.4, -0.2) is 25.7 Å². The van der Waals surface area contributed by atoms with Crippen LogP contribution in [0.15, 0.2) is 24.3 Å². The molecule has 4 nitrogen and oxygen atoms in total. The van der Waals surface area contributed by atoms with Gasteiger partial charge < -0.3 is 14.8 Å². The molecule has 0 bridgehead atoms. The highest BCUT2D eigenvalue weighted by molar-refractivity contribution is 5.80. The lowest BCUT2D eigenvalue weighted by molar-refractivity contribution is -0.127. The molecule has 0 unspecified atom stereocenters. The zero-order valence-corrected chi connectivity index (χ0v) is 10.5. The maximum atomic E-state index is 11.6. The van der Waals surface area contributed by atoms with Crippen LogP contribution >= 0.6 is 0 Å². The van der Waals surface area contributed by atoms with Crippen LogP contribution in [-0.2, 0) is 4.79 Å². The molecule has 0 aliphatic carbocycles. The fourth-order valence-electron chi connectivity index (χ4n) is 1.30. The van der Waals surface area contributed by atoms with Crippen molar-refractivity contribution < 1.29 is 14.3 Å². The molecule has 1 rings (SSSR count). The molecule has 0 spiro atoms. The van der Waals surface area contributed by atoms with Gasteiger partial charge in [0.05, 0.1) is 7.11 Å². The highest BCUT2D eigenvalue weighted by Gasteiger charge is 2.13. The topological polar surface area (TPSA) is 47.6 Å². The molecule has 1 aromatic carbocycles. The third-order valence-corrected chi connectivity index (χ3v) is 2.29. The van der Waals surface area contributed by atoms with Gasteiger partial charge in [-0.15, -0.1) is 0 Å². The van der Waals surface area contributed by atoms with Gasteiger partial charge in [-0.1, -0.05) is 6.92 Å². The van der Waals surface area contributed by atoms with Crippen molar-refractivity contribution in [2.45, 2.75) is 26.4 Å². The third kappa shape index (κ3) is 4.34. The van der Waals surface area contributed by atoms with Crippen molar-refractivity contribution in [1.82, 2.24) is 5.32 Å². The lowest BCUT2D eigenvalue weighted by atomic mass is 10.3. The van der Waals surface area contributed by atoms with Crippen LogP contribution in [0.1, 0.15) is 20.3 Å². The maximum absolute atomic E-state index is 11.6. The molecule has 1 aromatic rings. The number of carbonyl (C=O) groups excluding carboxylic acids is 1. The minimum atomic E-state index is -0.491. The number of hydrogen-bond donors (Lipinski definition) is 1. The van der Waals surface area contributed by atoms with Crippen LogP contribution in [0, 0.1) is 0 Å². The molecule has 0 fully saturated rings. The lowest BCUT2D eigenvalue weighted by Gasteiger charge is -2.14. The van der Waals surface area contributed by atoms with Crippen LogP contribution in [0.3, 0.4) is 0 Å². The number of rotatable bonds is 6. The Morgan fingerprint density at radius 1 is 1.29 bits per heavy atom. The molecule has 1 atom stereocenters. The van der Waals surface area contributed by atoms with E-state index in [9.17, 15) is 4.79 Å². The first-order chi connectivity index (χ1) is 8.17. The van der Waals surface area contributed by atoms with Crippen LogP contribution < -0.4 is 14.8 Å². The van der Waals surface area contributed by atoms with Crippen molar-refractivity contribution >= 4 is 5.91 Å². The summed E-state index contributed by atoms with van der Waals surface area (Å²) in [6, 6.07) is 7.16.